The summed E-state index contributed by atoms with van der Waals surface area (Å²) in [5, 5.41) is 0. The average molecular weight is 403 g/mol. The first kappa shape index (κ1) is 15.0. The predicted octanol–water partition coefficient (Wildman–Crippen LogP) is 4.17. The van der Waals surface area contributed by atoms with Crippen molar-refractivity contribution in [1.82, 2.24) is 0 Å². The van der Waals surface area contributed by atoms with Gasteiger partial charge >= 0.3 is 0 Å². The number of carbonyl (C=O) groups excluding carboxylic acids is 1. The number of halogens is 3. The van der Waals surface area contributed by atoms with Crippen molar-refractivity contribution < 1.29 is 13.9 Å². The van der Waals surface area contributed by atoms with E-state index in [4.69, 9.17) is 10.5 Å². The van der Waals surface area contributed by atoms with Crippen molar-refractivity contribution in [2.24, 2.45) is 0 Å². The van der Waals surface area contributed by atoms with E-state index in [1.807, 2.05) is 0 Å². The second-order valence-electron chi connectivity index (χ2n) is 4.07. The third-order valence-electron chi connectivity index (χ3n) is 2.67. The molecule has 0 unspecified atom stereocenters. The van der Waals surface area contributed by atoms with E-state index in [0.29, 0.717) is 15.7 Å². The lowest BCUT2D eigenvalue weighted by molar-refractivity contribution is 0.103. The molecule has 104 valence electrons. The maximum Gasteiger partial charge on any atom is 0.196 e. The highest BCUT2D eigenvalue weighted by atomic mass is 79.9. The number of rotatable bonds is 3. The third-order valence-corrected chi connectivity index (χ3v) is 3.73. The molecule has 0 aliphatic carbocycles. The van der Waals surface area contributed by atoms with Crippen LogP contribution in [0, 0.1) is 5.82 Å². The number of ketones is 1. The third kappa shape index (κ3) is 3.02. The van der Waals surface area contributed by atoms with Gasteiger partial charge in [0.25, 0.3) is 0 Å². The highest BCUT2D eigenvalue weighted by molar-refractivity contribution is 9.10. The Morgan fingerprint density at radius 3 is 2.50 bits per heavy atom. The molecule has 0 atom stereocenters. The zero-order valence-corrected chi connectivity index (χ0v) is 13.6. The van der Waals surface area contributed by atoms with Gasteiger partial charge < -0.3 is 10.5 Å². The maximum absolute atomic E-state index is 13.5. The summed E-state index contributed by atoms with van der Waals surface area (Å²) in [5.41, 5.74) is 6.84. The quantitative estimate of drug-likeness (QED) is 0.619. The van der Waals surface area contributed by atoms with Crippen LogP contribution in [-0.4, -0.2) is 12.9 Å². The van der Waals surface area contributed by atoms with E-state index in [-0.39, 0.29) is 21.6 Å². The van der Waals surface area contributed by atoms with Gasteiger partial charge in [0.1, 0.15) is 11.6 Å². The fourth-order valence-corrected chi connectivity index (χ4v) is 2.63. The number of nitrogen functional groups attached to an aromatic ring is 1. The van der Waals surface area contributed by atoms with E-state index < -0.39 is 5.82 Å². The number of anilines is 1. The van der Waals surface area contributed by atoms with Crippen molar-refractivity contribution in [3.05, 3.63) is 56.2 Å². The number of carbonyl (C=O) groups is 1. The SMILES string of the molecule is COc1cc(F)c(Br)cc1C(=O)c1cc(N)cc(Br)c1. The molecule has 0 spiro atoms. The minimum absolute atomic E-state index is 0.175. The van der Waals surface area contributed by atoms with Crippen LogP contribution in [0.4, 0.5) is 10.1 Å². The van der Waals surface area contributed by atoms with Gasteiger partial charge in [-0.3, -0.25) is 4.79 Å². The monoisotopic (exact) mass is 401 g/mol. The molecule has 2 aromatic rings. The Morgan fingerprint density at radius 1 is 1.20 bits per heavy atom. The van der Waals surface area contributed by atoms with Crippen molar-refractivity contribution in [3.63, 3.8) is 0 Å². The number of nitrogens with two attached hydrogens (primary N) is 1. The van der Waals surface area contributed by atoms with E-state index in [2.05, 4.69) is 31.9 Å². The lowest BCUT2D eigenvalue weighted by atomic mass is 10.0. The molecule has 6 heteroatoms. The van der Waals surface area contributed by atoms with Crippen molar-refractivity contribution in [2.45, 2.75) is 0 Å². The second-order valence-corrected chi connectivity index (χ2v) is 5.84. The first-order chi connectivity index (χ1) is 9.42. The minimum atomic E-state index is -0.493. The number of hydrogen-bond donors (Lipinski definition) is 1. The number of benzene rings is 2. The Morgan fingerprint density at radius 2 is 1.90 bits per heavy atom. The number of methoxy groups -OCH3 is 1. The molecule has 0 bridgehead atoms. The summed E-state index contributed by atoms with van der Waals surface area (Å²) in [6.45, 7) is 0. The minimum Gasteiger partial charge on any atom is -0.496 e. The van der Waals surface area contributed by atoms with Crippen molar-refractivity contribution >= 4 is 43.3 Å². The van der Waals surface area contributed by atoms with Crippen LogP contribution in [0.15, 0.2) is 39.3 Å². The van der Waals surface area contributed by atoms with Crippen LogP contribution < -0.4 is 10.5 Å². The first-order valence-corrected chi connectivity index (χ1v) is 7.14. The van der Waals surface area contributed by atoms with Gasteiger partial charge in [0.05, 0.1) is 17.1 Å². The van der Waals surface area contributed by atoms with Crippen LogP contribution in [-0.2, 0) is 0 Å². The van der Waals surface area contributed by atoms with Gasteiger partial charge in [0, 0.05) is 21.8 Å². The average Bonchev–Trinajstić information content (AvgIpc) is 2.39. The van der Waals surface area contributed by atoms with E-state index >= 15 is 0 Å². The summed E-state index contributed by atoms with van der Waals surface area (Å²) in [6, 6.07) is 7.46. The van der Waals surface area contributed by atoms with Crippen molar-refractivity contribution in [3.8, 4) is 5.75 Å². The molecule has 2 aromatic carbocycles. The van der Waals surface area contributed by atoms with Gasteiger partial charge in [-0.1, -0.05) is 15.9 Å². The summed E-state index contributed by atoms with van der Waals surface area (Å²) >= 11 is 6.35. The topological polar surface area (TPSA) is 52.3 Å². The lowest BCUT2D eigenvalue weighted by Gasteiger charge is -2.10. The molecule has 2 N–H and O–H groups in total. The Labute approximate surface area is 132 Å². The molecule has 0 amide bonds. The Balaban J connectivity index is 2.55. The summed E-state index contributed by atoms with van der Waals surface area (Å²) in [7, 11) is 1.38. The molecule has 0 saturated heterocycles. The van der Waals surface area contributed by atoms with E-state index in [0.717, 1.165) is 0 Å². The summed E-state index contributed by atoms with van der Waals surface area (Å²) < 4.78 is 19.4. The summed E-state index contributed by atoms with van der Waals surface area (Å²) in [4.78, 5) is 12.5. The largest absolute Gasteiger partial charge is 0.496 e. The van der Waals surface area contributed by atoms with Gasteiger partial charge in [0.2, 0.25) is 0 Å². The normalized spacial score (nSPS) is 10.4. The molecular weight excluding hydrogens is 393 g/mol. The van der Waals surface area contributed by atoms with Crippen molar-refractivity contribution in [2.75, 3.05) is 12.8 Å². The van der Waals surface area contributed by atoms with E-state index in [1.54, 1.807) is 18.2 Å². The highest BCUT2D eigenvalue weighted by Gasteiger charge is 2.18. The van der Waals surface area contributed by atoms with Crippen LogP contribution in [0.25, 0.3) is 0 Å². The standard InChI is InChI=1S/C14H10Br2FNO2/c1-20-13-6-12(17)11(16)5-10(13)14(19)7-2-8(15)4-9(18)3-7/h2-6H,18H2,1H3. The molecular formula is C14H10Br2FNO2. The summed E-state index contributed by atoms with van der Waals surface area (Å²) in [5.74, 6) is -0.614. The van der Waals surface area contributed by atoms with Crippen LogP contribution in [0.3, 0.4) is 0 Å². The molecule has 2 rings (SSSR count). The molecule has 0 heterocycles. The molecule has 3 nitrogen and oxygen atoms in total. The maximum atomic E-state index is 13.5. The van der Waals surface area contributed by atoms with Crippen LogP contribution in [0.1, 0.15) is 15.9 Å². The van der Waals surface area contributed by atoms with Gasteiger partial charge in [-0.15, -0.1) is 0 Å². The predicted molar refractivity (Wildman–Crippen MR) is 82.6 cm³/mol. The lowest BCUT2D eigenvalue weighted by Crippen LogP contribution is -2.05. The molecule has 20 heavy (non-hydrogen) atoms. The Hall–Kier alpha value is -1.40. The fraction of sp³-hybridized carbons (Fsp3) is 0.0714. The Bertz CT molecular complexity index is 669. The van der Waals surface area contributed by atoms with E-state index in [1.165, 1.54) is 19.2 Å². The molecule has 0 saturated carbocycles. The molecule has 0 fully saturated rings. The number of ether oxygens (including phenoxy) is 1. The van der Waals surface area contributed by atoms with Crippen molar-refractivity contribution in [1.29, 1.82) is 0 Å². The van der Waals surface area contributed by atoms with Crippen LogP contribution >= 0.6 is 31.9 Å². The van der Waals surface area contributed by atoms with Gasteiger partial charge in [-0.05, 0) is 40.2 Å². The van der Waals surface area contributed by atoms with Gasteiger partial charge in [-0.25, -0.2) is 4.39 Å². The smallest absolute Gasteiger partial charge is 0.196 e. The van der Waals surface area contributed by atoms with Crippen LogP contribution in [0.5, 0.6) is 5.75 Å². The van der Waals surface area contributed by atoms with E-state index in [9.17, 15) is 9.18 Å². The zero-order valence-electron chi connectivity index (χ0n) is 10.4. The highest BCUT2D eigenvalue weighted by Crippen LogP contribution is 2.29. The first-order valence-electron chi connectivity index (χ1n) is 5.56. The van der Waals surface area contributed by atoms with Crippen LogP contribution in [0.2, 0.25) is 0 Å². The summed E-state index contributed by atoms with van der Waals surface area (Å²) in [6.07, 6.45) is 0. The zero-order chi connectivity index (χ0) is 14.9. The Kier molecular flexibility index (Phi) is 4.45. The fourth-order valence-electron chi connectivity index (χ4n) is 1.77. The molecule has 0 aliphatic rings. The molecule has 0 radical (unpaired) electrons. The second kappa shape index (κ2) is 5.93. The molecule has 0 aromatic heterocycles. The number of hydrogen-bond acceptors (Lipinski definition) is 3. The molecule has 0 aliphatic heterocycles. The van der Waals surface area contributed by atoms with Gasteiger partial charge in [0.15, 0.2) is 5.78 Å². The van der Waals surface area contributed by atoms with Gasteiger partial charge in [-0.2, -0.15) is 0 Å².